The van der Waals surface area contributed by atoms with E-state index in [1.807, 2.05) is 0 Å². The van der Waals surface area contributed by atoms with Gasteiger partial charge in [0.05, 0.1) is 24.9 Å². The van der Waals surface area contributed by atoms with E-state index in [1.165, 1.54) is 12.1 Å². The van der Waals surface area contributed by atoms with Crippen molar-refractivity contribution in [2.24, 2.45) is 0 Å². The smallest absolute Gasteiger partial charge is 0.393 e. The summed E-state index contributed by atoms with van der Waals surface area (Å²) in [5.41, 5.74) is -0.0129. The molecule has 0 amide bonds. The Kier molecular flexibility index (Phi) is 6.98. The zero-order chi connectivity index (χ0) is 15.0. The van der Waals surface area contributed by atoms with Crippen LogP contribution in [-0.4, -0.2) is 38.1 Å². The molecule has 1 atom stereocenters. The van der Waals surface area contributed by atoms with Crippen LogP contribution in [0.15, 0.2) is 24.3 Å². The quantitative estimate of drug-likeness (QED) is 0.749. The van der Waals surface area contributed by atoms with Crippen molar-refractivity contribution in [3.63, 3.8) is 0 Å². The van der Waals surface area contributed by atoms with Crippen molar-refractivity contribution >= 4 is 0 Å². The maximum atomic E-state index is 12.4. The molecule has 0 spiro atoms. The van der Waals surface area contributed by atoms with Crippen LogP contribution in [0, 0.1) is 0 Å². The van der Waals surface area contributed by atoms with Crippen LogP contribution in [-0.2, 0) is 22.1 Å². The Morgan fingerprint density at radius 2 is 1.75 bits per heavy atom. The molecule has 0 heterocycles. The molecule has 1 aromatic carbocycles. The number of halogens is 3. The fraction of sp³-hybridized carbons (Fsp3) is 0.571. The van der Waals surface area contributed by atoms with Crippen LogP contribution in [0.4, 0.5) is 13.2 Å². The molecule has 1 unspecified atom stereocenters. The molecule has 0 saturated carbocycles. The summed E-state index contributed by atoms with van der Waals surface area (Å²) in [5, 5.41) is 9.75. The molecule has 0 aromatic heterocycles. The van der Waals surface area contributed by atoms with Crippen LogP contribution in [0.1, 0.15) is 17.5 Å². The maximum Gasteiger partial charge on any atom is 0.416 e. The molecule has 0 aliphatic rings. The first kappa shape index (κ1) is 16.9. The first-order chi connectivity index (χ1) is 9.43. The van der Waals surface area contributed by atoms with E-state index < -0.39 is 17.8 Å². The van der Waals surface area contributed by atoms with E-state index in [0.29, 0.717) is 38.2 Å². The fourth-order valence-electron chi connectivity index (χ4n) is 1.67. The van der Waals surface area contributed by atoms with Crippen LogP contribution in [0.5, 0.6) is 0 Å². The Bertz CT molecular complexity index is 376. The van der Waals surface area contributed by atoms with Gasteiger partial charge in [0.2, 0.25) is 0 Å². The summed E-state index contributed by atoms with van der Waals surface area (Å²) in [6.07, 6.45) is -4.21. The van der Waals surface area contributed by atoms with E-state index in [1.54, 1.807) is 7.11 Å². The van der Waals surface area contributed by atoms with Gasteiger partial charge in [-0.15, -0.1) is 0 Å². The zero-order valence-electron chi connectivity index (χ0n) is 11.3. The second kappa shape index (κ2) is 8.24. The van der Waals surface area contributed by atoms with Crippen molar-refractivity contribution in [1.82, 2.24) is 0 Å². The number of alkyl halides is 3. The predicted molar refractivity (Wildman–Crippen MR) is 68.5 cm³/mol. The highest BCUT2D eigenvalue weighted by Gasteiger charge is 2.29. The molecular weight excluding hydrogens is 273 g/mol. The van der Waals surface area contributed by atoms with Gasteiger partial charge in [-0.05, 0) is 30.5 Å². The van der Waals surface area contributed by atoms with E-state index in [4.69, 9.17) is 9.47 Å². The van der Waals surface area contributed by atoms with Crippen molar-refractivity contribution in [3.05, 3.63) is 35.4 Å². The van der Waals surface area contributed by atoms with E-state index >= 15 is 0 Å². The normalized spacial score (nSPS) is 13.4. The van der Waals surface area contributed by atoms with E-state index in [0.717, 1.165) is 12.1 Å². The summed E-state index contributed by atoms with van der Waals surface area (Å²) >= 11 is 0. The van der Waals surface area contributed by atoms with Gasteiger partial charge in [0.1, 0.15) is 0 Å². The number of aliphatic hydroxyl groups excluding tert-OH is 1. The molecule has 1 aromatic rings. The summed E-state index contributed by atoms with van der Waals surface area (Å²) < 4.78 is 47.1. The third-order valence-electron chi connectivity index (χ3n) is 2.78. The van der Waals surface area contributed by atoms with Gasteiger partial charge in [0, 0.05) is 13.7 Å². The minimum atomic E-state index is -4.33. The van der Waals surface area contributed by atoms with Gasteiger partial charge in [0.15, 0.2) is 0 Å². The monoisotopic (exact) mass is 292 g/mol. The van der Waals surface area contributed by atoms with Gasteiger partial charge in [-0.3, -0.25) is 0 Å². The second-order valence-electron chi connectivity index (χ2n) is 4.45. The number of rotatable bonds is 8. The van der Waals surface area contributed by atoms with Crippen LogP contribution in [0.25, 0.3) is 0 Å². The molecule has 0 fully saturated rings. The lowest BCUT2D eigenvalue weighted by molar-refractivity contribution is -0.137. The highest BCUT2D eigenvalue weighted by molar-refractivity contribution is 5.25. The van der Waals surface area contributed by atoms with E-state index in [-0.39, 0.29) is 0 Å². The molecule has 0 aliphatic carbocycles. The highest BCUT2D eigenvalue weighted by atomic mass is 19.4. The number of methoxy groups -OCH3 is 1. The molecule has 114 valence electrons. The largest absolute Gasteiger partial charge is 0.416 e. The van der Waals surface area contributed by atoms with Crippen molar-refractivity contribution < 1.29 is 27.8 Å². The van der Waals surface area contributed by atoms with Gasteiger partial charge in [-0.25, -0.2) is 0 Å². The highest BCUT2D eigenvalue weighted by Crippen LogP contribution is 2.29. The minimum Gasteiger partial charge on any atom is -0.393 e. The number of aliphatic hydroxyl groups is 1. The molecular formula is C14H19F3O3. The van der Waals surface area contributed by atoms with E-state index in [2.05, 4.69) is 0 Å². The van der Waals surface area contributed by atoms with Gasteiger partial charge < -0.3 is 14.6 Å². The third-order valence-corrected chi connectivity index (χ3v) is 2.78. The molecule has 0 bridgehead atoms. The molecule has 20 heavy (non-hydrogen) atoms. The van der Waals surface area contributed by atoms with Gasteiger partial charge in [0.25, 0.3) is 0 Å². The lowest BCUT2D eigenvalue weighted by atomic mass is 10.0. The average molecular weight is 292 g/mol. The predicted octanol–water partition coefficient (Wildman–Crippen LogP) is 2.66. The topological polar surface area (TPSA) is 38.7 Å². The summed E-state index contributed by atoms with van der Waals surface area (Å²) in [5.74, 6) is 0. The van der Waals surface area contributed by atoms with Gasteiger partial charge >= 0.3 is 6.18 Å². The molecule has 3 nitrogen and oxygen atoms in total. The Balaban J connectivity index is 2.33. The lowest BCUT2D eigenvalue weighted by Gasteiger charge is -2.12. The number of hydrogen-bond donors (Lipinski definition) is 1. The summed E-state index contributed by atoms with van der Waals surface area (Å²) in [6.45, 7) is 1.35. The summed E-state index contributed by atoms with van der Waals surface area (Å²) in [6, 6.07) is 4.82. The number of hydrogen-bond acceptors (Lipinski definition) is 3. The van der Waals surface area contributed by atoms with Crippen molar-refractivity contribution in [2.75, 3.05) is 26.9 Å². The molecule has 0 saturated heterocycles. The second-order valence-corrected chi connectivity index (χ2v) is 4.45. The Morgan fingerprint density at radius 1 is 1.10 bits per heavy atom. The molecule has 6 heteroatoms. The van der Waals surface area contributed by atoms with Crippen LogP contribution in [0.2, 0.25) is 0 Å². The SMILES string of the molecule is COCCOCCC(O)Cc1ccc(C(F)(F)F)cc1. The summed E-state index contributed by atoms with van der Waals surface area (Å²) in [7, 11) is 1.57. The van der Waals surface area contributed by atoms with Crippen LogP contribution < -0.4 is 0 Å². The van der Waals surface area contributed by atoms with Crippen molar-refractivity contribution in [3.8, 4) is 0 Å². The van der Waals surface area contributed by atoms with Crippen molar-refractivity contribution in [1.29, 1.82) is 0 Å². The van der Waals surface area contributed by atoms with Crippen molar-refractivity contribution in [2.45, 2.75) is 25.1 Å². The Hall–Kier alpha value is -1.11. The standard InChI is InChI=1S/C14H19F3O3/c1-19-8-9-20-7-6-13(18)10-11-2-4-12(5-3-11)14(15,16)17/h2-5,13,18H,6-10H2,1H3. The minimum absolute atomic E-state index is 0.311. The number of ether oxygens (including phenoxy) is 2. The Labute approximate surface area is 116 Å². The van der Waals surface area contributed by atoms with E-state index in [9.17, 15) is 18.3 Å². The molecule has 1 N–H and O–H groups in total. The molecule has 0 radical (unpaired) electrons. The van der Waals surface area contributed by atoms with Crippen LogP contribution in [0.3, 0.4) is 0 Å². The Morgan fingerprint density at radius 3 is 2.30 bits per heavy atom. The number of benzene rings is 1. The first-order valence-electron chi connectivity index (χ1n) is 6.34. The molecule has 0 aliphatic heterocycles. The van der Waals surface area contributed by atoms with Gasteiger partial charge in [-0.1, -0.05) is 12.1 Å². The molecule has 1 rings (SSSR count). The van der Waals surface area contributed by atoms with Crippen LogP contribution >= 0.6 is 0 Å². The summed E-state index contributed by atoms with van der Waals surface area (Å²) in [4.78, 5) is 0. The average Bonchev–Trinajstić information content (AvgIpc) is 2.38. The van der Waals surface area contributed by atoms with Gasteiger partial charge in [-0.2, -0.15) is 13.2 Å². The third kappa shape index (κ3) is 6.36. The zero-order valence-corrected chi connectivity index (χ0v) is 11.3. The lowest BCUT2D eigenvalue weighted by Crippen LogP contribution is -2.15. The maximum absolute atomic E-state index is 12.4. The fourth-order valence-corrected chi connectivity index (χ4v) is 1.67. The first-order valence-corrected chi connectivity index (χ1v) is 6.34.